The molecule has 0 amide bonds. The molecule has 0 atom stereocenters. The lowest BCUT2D eigenvalue weighted by Crippen LogP contribution is -2.26. The summed E-state index contributed by atoms with van der Waals surface area (Å²) >= 11 is 0. The SMILES string of the molecule is CCOC(=O)c1nccc2c1ccn2C(=O)OC(C)(C)C. The zero-order valence-corrected chi connectivity index (χ0v) is 12.5. The third-order valence-electron chi connectivity index (χ3n) is 2.68. The van der Waals surface area contributed by atoms with Crippen LogP contribution in [0, 0.1) is 0 Å². The van der Waals surface area contributed by atoms with Gasteiger partial charge in [0.15, 0.2) is 5.69 Å². The van der Waals surface area contributed by atoms with Gasteiger partial charge >= 0.3 is 12.1 Å². The minimum atomic E-state index is -0.593. The minimum absolute atomic E-state index is 0.191. The molecule has 0 spiro atoms. The first-order valence-electron chi connectivity index (χ1n) is 6.70. The first kappa shape index (κ1) is 15.0. The van der Waals surface area contributed by atoms with Crippen LogP contribution in [0.25, 0.3) is 10.9 Å². The van der Waals surface area contributed by atoms with E-state index in [-0.39, 0.29) is 12.3 Å². The molecule has 0 bridgehead atoms. The normalized spacial score (nSPS) is 11.4. The van der Waals surface area contributed by atoms with E-state index in [9.17, 15) is 9.59 Å². The highest BCUT2D eigenvalue weighted by molar-refractivity contribution is 6.03. The maximum absolute atomic E-state index is 12.1. The number of pyridine rings is 1. The van der Waals surface area contributed by atoms with Gasteiger partial charge in [0.25, 0.3) is 0 Å². The van der Waals surface area contributed by atoms with Crippen molar-refractivity contribution < 1.29 is 19.1 Å². The van der Waals surface area contributed by atoms with E-state index in [1.165, 1.54) is 10.8 Å². The van der Waals surface area contributed by atoms with E-state index in [4.69, 9.17) is 9.47 Å². The van der Waals surface area contributed by atoms with Crippen LogP contribution < -0.4 is 0 Å². The summed E-state index contributed by atoms with van der Waals surface area (Å²) in [5.41, 5.74) is 0.156. The van der Waals surface area contributed by atoms with Gasteiger partial charge in [0.1, 0.15) is 5.60 Å². The molecule has 21 heavy (non-hydrogen) atoms. The average molecular weight is 290 g/mol. The molecule has 0 saturated carbocycles. The van der Waals surface area contributed by atoms with Gasteiger partial charge in [-0.3, -0.25) is 4.57 Å². The molecule has 0 radical (unpaired) electrons. The van der Waals surface area contributed by atoms with Crippen LogP contribution >= 0.6 is 0 Å². The van der Waals surface area contributed by atoms with E-state index < -0.39 is 17.7 Å². The van der Waals surface area contributed by atoms with Crippen molar-refractivity contribution in [2.45, 2.75) is 33.3 Å². The van der Waals surface area contributed by atoms with E-state index in [1.807, 2.05) is 0 Å². The summed E-state index contributed by atoms with van der Waals surface area (Å²) in [6.07, 6.45) is 2.53. The Labute approximate surface area is 122 Å². The van der Waals surface area contributed by atoms with Crippen molar-refractivity contribution in [2.75, 3.05) is 6.61 Å². The number of hydrogen-bond donors (Lipinski definition) is 0. The van der Waals surface area contributed by atoms with Crippen LogP contribution in [-0.2, 0) is 9.47 Å². The van der Waals surface area contributed by atoms with Crippen LogP contribution in [0.2, 0.25) is 0 Å². The molecule has 0 fully saturated rings. The fourth-order valence-electron chi connectivity index (χ4n) is 1.90. The van der Waals surface area contributed by atoms with E-state index in [1.54, 1.807) is 46.0 Å². The standard InChI is InChI=1S/C15H18N2O4/c1-5-20-13(18)12-10-7-9-17(11(10)6-8-16-12)14(19)21-15(2,3)4/h6-9H,5H2,1-4H3. The molecule has 2 rings (SSSR count). The monoisotopic (exact) mass is 290 g/mol. The Bertz CT molecular complexity index is 683. The highest BCUT2D eigenvalue weighted by atomic mass is 16.6. The lowest BCUT2D eigenvalue weighted by Gasteiger charge is -2.19. The van der Waals surface area contributed by atoms with Crippen molar-refractivity contribution in [1.29, 1.82) is 0 Å². The first-order chi connectivity index (χ1) is 9.83. The van der Waals surface area contributed by atoms with Crippen molar-refractivity contribution in [1.82, 2.24) is 9.55 Å². The van der Waals surface area contributed by atoms with Crippen LogP contribution in [0.5, 0.6) is 0 Å². The Morgan fingerprint density at radius 1 is 1.29 bits per heavy atom. The Balaban J connectivity index is 2.43. The summed E-state index contributed by atoms with van der Waals surface area (Å²) in [5, 5.41) is 0.557. The summed E-state index contributed by atoms with van der Waals surface area (Å²) in [6.45, 7) is 7.38. The Morgan fingerprint density at radius 2 is 2.00 bits per heavy atom. The van der Waals surface area contributed by atoms with E-state index in [0.717, 1.165) is 0 Å². The van der Waals surface area contributed by atoms with Crippen molar-refractivity contribution in [2.24, 2.45) is 0 Å². The Hall–Kier alpha value is -2.37. The van der Waals surface area contributed by atoms with Gasteiger partial charge in [0.05, 0.1) is 12.1 Å². The van der Waals surface area contributed by atoms with Crippen molar-refractivity contribution in [3.05, 3.63) is 30.2 Å². The van der Waals surface area contributed by atoms with Gasteiger partial charge in [0, 0.05) is 17.8 Å². The largest absolute Gasteiger partial charge is 0.461 e. The number of carbonyl (C=O) groups is 2. The smallest absolute Gasteiger partial charge is 0.418 e. The summed E-state index contributed by atoms with van der Waals surface area (Å²) < 4.78 is 11.6. The molecule has 2 aromatic rings. The van der Waals surface area contributed by atoms with Crippen molar-refractivity contribution >= 4 is 23.0 Å². The van der Waals surface area contributed by atoms with E-state index in [0.29, 0.717) is 10.9 Å². The van der Waals surface area contributed by atoms with Crippen LogP contribution in [0.4, 0.5) is 4.79 Å². The highest BCUT2D eigenvalue weighted by Crippen LogP contribution is 2.20. The molecule has 0 aromatic carbocycles. The molecule has 0 unspecified atom stereocenters. The molecule has 0 saturated heterocycles. The molecule has 6 heteroatoms. The summed E-state index contributed by atoms with van der Waals surface area (Å²) in [7, 11) is 0. The van der Waals surface area contributed by atoms with Crippen molar-refractivity contribution in [3.63, 3.8) is 0 Å². The molecule has 0 N–H and O–H groups in total. The third kappa shape index (κ3) is 3.21. The fraction of sp³-hybridized carbons (Fsp3) is 0.400. The number of aromatic nitrogens is 2. The second-order valence-electron chi connectivity index (χ2n) is 5.48. The topological polar surface area (TPSA) is 70.4 Å². The number of nitrogens with zero attached hydrogens (tertiary/aromatic N) is 2. The van der Waals surface area contributed by atoms with E-state index in [2.05, 4.69) is 4.98 Å². The molecule has 0 aliphatic carbocycles. The maximum atomic E-state index is 12.1. The molecule has 0 aliphatic rings. The number of esters is 1. The van der Waals surface area contributed by atoms with Crippen LogP contribution in [0.1, 0.15) is 38.2 Å². The number of hydrogen-bond acceptors (Lipinski definition) is 5. The van der Waals surface area contributed by atoms with Crippen LogP contribution in [-0.4, -0.2) is 33.8 Å². The number of fused-ring (bicyclic) bond motifs is 1. The molecular formula is C15H18N2O4. The van der Waals surface area contributed by atoms with Gasteiger partial charge in [0.2, 0.25) is 0 Å². The molecule has 2 heterocycles. The molecule has 112 valence electrons. The lowest BCUT2D eigenvalue weighted by molar-refractivity contribution is 0.0516. The molecular weight excluding hydrogens is 272 g/mol. The zero-order chi connectivity index (χ0) is 15.6. The van der Waals surface area contributed by atoms with Crippen molar-refractivity contribution in [3.8, 4) is 0 Å². The summed E-state index contributed by atoms with van der Waals surface area (Å²) in [5.74, 6) is -0.509. The molecule has 0 aliphatic heterocycles. The quantitative estimate of drug-likeness (QED) is 0.795. The van der Waals surface area contributed by atoms with Gasteiger partial charge < -0.3 is 9.47 Å². The van der Waals surface area contributed by atoms with Gasteiger partial charge in [-0.2, -0.15) is 0 Å². The maximum Gasteiger partial charge on any atom is 0.418 e. The van der Waals surface area contributed by atoms with Crippen LogP contribution in [0.3, 0.4) is 0 Å². The Kier molecular flexibility index (Phi) is 3.97. The second-order valence-corrected chi connectivity index (χ2v) is 5.48. The van der Waals surface area contributed by atoms with Gasteiger partial charge in [-0.05, 0) is 39.8 Å². The first-order valence-corrected chi connectivity index (χ1v) is 6.70. The van der Waals surface area contributed by atoms with E-state index >= 15 is 0 Å². The van der Waals surface area contributed by atoms with Gasteiger partial charge in [-0.1, -0.05) is 0 Å². The minimum Gasteiger partial charge on any atom is -0.461 e. The van der Waals surface area contributed by atoms with Gasteiger partial charge in [-0.15, -0.1) is 0 Å². The second kappa shape index (κ2) is 5.55. The predicted octanol–water partition coefficient (Wildman–Crippen LogP) is 3.00. The summed E-state index contributed by atoms with van der Waals surface area (Å²) in [4.78, 5) is 28.0. The third-order valence-corrected chi connectivity index (χ3v) is 2.68. The number of ether oxygens (including phenoxy) is 2. The van der Waals surface area contributed by atoms with Gasteiger partial charge in [-0.25, -0.2) is 14.6 Å². The molecule has 2 aromatic heterocycles. The molecule has 6 nitrogen and oxygen atoms in total. The number of rotatable bonds is 2. The highest BCUT2D eigenvalue weighted by Gasteiger charge is 2.21. The van der Waals surface area contributed by atoms with Crippen LogP contribution in [0.15, 0.2) is 24.5 Å². The Morgan fingerprint density at radius 3 is 2.62 bits per heavy atom. The fourth-order valence-corrected chi connectivity index (χ4v) is 1.90. The predicted molar refractivity (Wildman–Crippen MR) is 77.3 cm³/mol. The zero-order valence-electron chi connectivity index (χ0n) is 12.5. The number of carbonyl (C=O) groups excluding carboxylic acids is 2. The lowest BCUT2D eigenvalue weighted by atomic mass is 10.2. The summed E-state index contributed by atoms with van der Waals surface area (Å²) in [6, 6.07) is 3.31. The average Bonchev–Trinajstić information content (AvgIpc) is 2.80.